The van der Waals surface area contributed by atoms with Gasteiger partial charge in [-0.3, -0.25) is 4.79 Å². The van der Waals surface area contributed by atoms with Gasteiger partial charge in [0.05, 0.1) is 18.4 Å². The van der Waals surface area contributed by atoms with Gasteiger partial charge in [-0.15, -0.1) is 0 Å². The Bertz CT molecular complexity index is 365. The van der Waals surface area contributed by atoms with Gasteiger partial charge in [0.1, 0.15) is 0 Å². The minimum absolute atomic E-state index is 0.389. The smallest absolute Gasteiger partial charge is 0.337 e. The van der Waals surface area contributed by atoms with E-state index in [0.29, 0.717) is 22.1 Å². The summed E-state index contributed by atoms with van der Waals surface area (Å²) in [5.74, 6) is -0.438. The normalized spacial score (nSPS) is 9.29. The van der Waals surface area contributed by atoms with Crippen LogP contribution < -0.4 is 5.32 Å². The van der Waals surface area contributed by atoms with E-state index in [2.05, 4.69) is 26.0 Å². The highest BCUT2D eigenvalue weighted by atomic mass is 79.9. The Hall–Kier alpha value is -1.36. The Morgan fingerprint density at radius 2 is 2.29 bits per heavy atom. The zero-order valence-corrected chi connectivity index (χ0v) is 9.00. The molecule has 0 unspecified atom stereocenters. The van der Waals surface area contributed by atoms with Crippen molar-refractivity contribution >= 4 is 34.0 Å². The fraction of sp³-hybridized carbons (Fsp3) is 0.111. The number of ether oxygens (including phenoxy) is 1. The summed E-state index contributed by atoms with van der Waals surface area (Å²) in [6, 6.07) is 4.80. The topological polar surface area (TPSA) is 55.4 Å². The average Bonchev–Trinajstić information content (AvgIpc) is 2.20. The van der Waals surface area contributed by atoms with Crippen molar-refractivity contribution in [3.05, 3.63) is 28.2 Å². The molecule has 74 valence electrons. The van der Waals surface area contributed by atoms with E-state index in [1.807, 2.05) is 0 Å². The van der Waals surface area contributed by atoms with Gasteiger partial charge in [0.15, 0.2) is 0 Å². The van der Waals surface area contributed by atoms with Crippen molar-refractivity contribution in [1.82, 2.24) is 0 Å². The van der Waals surface area contributed by atoms with Gasteiger partial charge in [-0.1, -0.05) is 0 Å². The van der Waals surface area contributed by atoms with Crippen molar-refractivity contribution in [2.45, 2.75) is 0 Å². The van der Waals surface area contributed by atoms with Crippen LogP contribution in [-0.2, 0) is 9.53 Å². The molecule has 0 saturated heterocycles. The van der Waals surface area contributed by atoms with E-state index in [9.17, 15) is 9.59 Å². The highest BCUT2D eigenvalue weighted by Crippen LogP contribution is 2.23. The molecule has 0 aromatic heterocycles. The molecule has 0 fully saturated rings. The van der Waals surface area contributed by atoms with Gasteiger partial charge in [-0.2, -0.15) is 0 Å². The first-order chi connectivity index (χ1) is 6.69. The van der Waals surface area contributed by atoms with Gasteiger partial charge < -0.3 is 10.1 Å². The SMILES string of the molecule is COC(=O)c1ccc(Br)c(NC=O)c1. The van der Waals surface area contributed by atoms with Crippen molar-refractivity contribution in [3.63, 3.8) is 0 Å². The number of rotatable bonds is 3. The average molecular weight is 258 g/mol. The van der Waals surface area contributed by atoms with Crippen LogP contribution in [0.5, 0.6) is 0 Å². The number of nitrogens with one attached hydrogen (secondary N) is 1. The zero-order valence-electron chi connectivity index (χ0n) is 7.41. The second-order valence-electron chi connectivity index (χ2n) is 2.45. The van der Waals surface area contributed by atoms with Crippen LogP contribution in [-0.4, -0.2) is 19.5 Å². The second-order valence-corrected chi connectivity index (χ2v) is 3.30. The van der Waals surface area contributed by atoms with Crippen LogP contribution in [0.4, 0.5) is 5.69 Å². The van der Waals surface area contributed by atoms with E-state index in [0.717, 1.165) is 0 Å². The number of esters is 1. The molecular formula is C9H8BrNO3. The number of anilines is 1. The number of methoxy groups -OCH3 is 1. The molecule has 0 bridgehead atoms. The zero-order chi connectivity index (χ0) is 10.6. The minimum Gasteiger partial charge on any atom is -0.465 e. The van der Waals surface area contributed by atoms with Crippen LogP contribution in [0.3, 0.4) is 0 Å². The van der Waals surface area contributed by atoms with Crippen molar-refractivity contribution < 1.29 is 14.3 Å². The van der Waals surface area contributed by atoms with E-state index in [-0.39, 0.29) is 0 Å². The highest BCUT2D eigenvalue weighted by molar-refractivity contribution is 9.10. The Kier molecular flexibility index (Phi) is 3.64. The lowest BCUT2D eigenvalue weighted by molar-refractivity contribution is -0.105. The Balaban J connectivity index is 3.05. The van der Waals surface area contributed by atoms with Crippen molar-refractivity contribution in [2.75, 3.05) is 12.4 Å². The molecule has 0 spiro atoms. The van der Waals surface area contributed by atoms with E-state index >= 15 is 0 Å². The van der Waals surface area contributed by atoms with Gasteiger partial charge in [0, 0.05) is 4.47 Å². The van der Waals surface area contributed by atoms with E-state index in [1.54, 1.807) is 12.1 Å². The van der Waals surface area contributed by atoms with Crippen molar-refractivity contribution in [2.24, 2.45) is 0 Å². The maximum Gasteiger partial charge on any atom is 0.337 e. The third-order valence-electron chi connectivity index (χ3n) is 1.60. The summed E-state index contributed by atoms with van der Waals surface area (Å²) < 4.78 is 5.24. The molecule has 1 amide bonds. The summed E-state index contributed by atoms with van der Waals surface area (Å²) in [5.41, 5.74) is 0.919. The fourth-order valence-electron chi connectivity index (χ4n) is 0.944. The van der Waals surface area contributed by atoms with Crippen LogP contribution in [0.15, 0.2) is 22.7 Å². The predicted molar refractivity (Wildman–Crippen MR) is 55.2 cm³/mol. The molecule has 1 N–H and O–H groups in total. The first-order valence-corrected chi connectivity index (χ1v) is 4.56. The predicted octanol–water partition coefficient (Wildman–Crippen LogP) is 1.80. The lowest BCUT2D eigenvalue weighted by atomic mass is 10.2. The molecule has 0 atom stereocenters. The molecule has 1 aromatic rings. The summed E-state index contributed by atoms with van der Waals surface area (Å²) in [4.78, 5) is 21.4. The van der Waals surface area contributed by atoms with E-state index < -0.39 is 5.97 Å². The van der Waals surface area contributed by atoms with Gasteiger partial charge in [0.2, 0.25) is 6.41 Å². The molecule has 0 aliphatic rings. The Morgan fingerprint density at radius 3 is 2.86 bits per heavy atom. The van der Waals surface area contributed by atoms with Gasteiger partial charge in [0.25, 0.3) is 0 Å². The van der Waals surface area contributed by atoms with Crippen LogP contribution in [0.2, 0.25) is 0 Å². The number of halogens is 1. The first kappa shape index (κ1) is 10.7. The third-order valence-corrected chi connectivity index (χ3v) is 2.29. The third kappa shape index (κ3) is 2.32. The standard InChI is InChI=1S/C9H8BrNO3/c1-14-9(13)6-2-3-7(10)8(4-6)11-5-12/h2-5H,1H3,(H,11,12). The lowest BCUT2D eigenvalue weighted by Gasteiger charge is -2.04. The van der Waals surface area contributed by atoms with E-state index in [4.69, 9.17) is 0 Å². The molecule has 0 saturated carbocycles. The van der Waals surface area contributed by atoms with Gasteiger partial charge in [-0.05, 0) is 34.1 Å². The van der Waals surface area contributed by atoms with E-state index in [1.165, 1.54) is 13.2 Å². The molecule has 1 rings (SSSR count). The number of carbonyl (C=O) groups is 2. The van der Waals surface area contributed by atoms with Crippen LogP contribution in [0.25, 0.3) is 0 Å². The lowest BCUT2D eigenvalue weighted by Crippen LogP contribution is -2.03. The molecule has 0 aliphatic heterocycles. The number of amides is 1. The van der Waals surface area contributed by atoms with Crippen LogP contribution in [0, 0.1) is 0 Å². The quantitative estimate of drug-likeness (QED) is 0.664. The fourth-order valence-corrected chi connectivity index (χ4v) is 1.31. The molecule has 5 heteroatoms. The molecule has 0 aliphatic carbocycles. The number of hydrogen-bond donors (Lipinski definition) is 1. The summed E-state index contributed by atoms with van der Waals surface area (Å²) in [6.45, 7) is 0. The van der Waals surface area contributed by atoms with Crippen molar-refractivity contribution in [3.8, 4) is 0 Å². The molecule has 14 heavy (non-hydrogen) atoms. The Morgan fingerprint density at radius 1 is 1.57 bits per heavy atom. The van der Waals surface area contributed by atoms with Crippen LogP contribution >= 0.6 is 15.9 Å². The number of hydrogen-bond acceptors (Lipinski definition) is 3. The van der Waals surface area contributed by atoms with Gasteiger partial charge >= 0.3 is 5.97 Å². The molecule has 0 radical (unpaired) electrons. The summed E-state index contributed by atoms with van der Waals surface area (Å²) in [7, 11) is 1.30. The minimum atomic E-state index is -0.438. The maximum absolute atomic E-state index is 11.1. The molecule has 1 aromatic carbocycles. The highest BCUT2D eigenvalue weighted by Gasteiger charge is 2.07. The molecule has 0 heterocycles. The van der Waals surface area contributed by atoms with Gasteiger partial charge in [-0.25, -0.2) is 4.79 Å². The molecule has 4 nitrogen and oxygen atoms in total. The number of carbonyl (C=O) groups excluding carboxylic acids is 2. The second kappa shape index (κ2) is 4.76. The summed E-state index contributed by atoms with van der Waals surface area (Å²) in [5, 5.41) is 2.46. The first-order valence-electron chi connectivity index (χ1n) is 3.77. The largest absolute Gasteiger partial charge is 0.465 e. The maximum atomic E-state index is 11.1. The number of benzene rings is 1. The monoisotopic (exact) mass is 257 g/mol. The molecular weight excluding hydrogens is 250 g/mol. The summed E-state index contributed by atoms with van der Waals surface area (Å²) in [6.07, 6.45) is 0.543. The van der Waals surface area contributed by atoms with Crippen molar-refractivity contribution in [1.29, 1.82) is 0 Å². The Labute approximate surface area is 89.4 Å². The van der Waals surface area contributed by atoms with Crippen LogP contribution in [0.1, 0.15) is 10.4 Å². The summed E-state index contributed by atoms with van der Waals surface area (Å²) >= 11 is 3.23.